The number of carbonyl (C=O) groups is 1. The van der Waals surface area contributed by atoms with E-state index in [1.54, 1.807) is 12.1 Å². The number of non-ortho nitro benzene ring substituents is 1. The van der Waals surface area contributed by atoms with Crippen molar-refractivity contribution in [3.8, 4) is 0 Å². The van der Waals surface area contributed by atoms with Crippen molar-refractivity contribution in [1.29, 1.82) is 0 Å². The molecule has 0 unspecified atom stereocenters. The fraction of sp³-hybridized carbons (Fsp3) is 0.462. The first-order chi connectivity index (χ1) is 9.15. The van der Waals surface area contributed by atoms with Gasteiger partial charge in [-0.15, -0.1) is 12.4 Å². The second-order valence-corrected chi connectivity index (χ2v) is 4.70. The Hall–Kier alpha value is -1.66. The Morgan fingerprint density at radius 3 is 2.75 bits per heavy atom. The van der Waals surface area contributed by atoms with Gasteiger partial charge in [-0.3, -0.25) is 14.9 Å². The molecule has 2 N–H and O–H groups in total. The lowest BCUT2D eigenvalue weighted by Crippen LogP contribution is -2.43. The fourth-order valence-electron chi connectivity index (χ4n) is 2.21. The van der Waals surface area contributed by atoms with Gasteiger partial charge in [-0.2, -0.15) is 0 Å². The van der Waals surface area contributed by atoms with E-state index in [2.05, 4.69) is 10.6 Å². The molecule has 1 aromatic carbocycles. The zero-order valence-corrected chi connectivity index (χ0v) is 11.8. The van der Waals surface area contributed by atoms with E-state index in [0.29, 0.717) is 5.56 Å². The van der Waals surface area contributed by atoms with Crippen molar-refractivity contribution in [1.82, 2.24) is 10.6 Å². The quantitative estimate of drug-likeness (QED) is 0.650. The molecule has 20 heavy (non-hydrogen) atoms. The van der Waals surface area contributed by atoms with Gasteiger partial charge in [0, 0.05) is 18.2 Å². The zero-order chi connectivity index (χ0) is 13.7. The van der Waals surface area contributed by atoms with Crippen LogP contribution in [0.2, 0.25) is 0 Å². The van der Waals surface area contributed by atoms with E-state index in [-0.39, 0.29) is 36.5 Å². The molecule has 1 aromatic rings. The van der Waals surface area contributed by atoms with Gasteiger partial charge in [0.25, 0.3) is 5.69 Å². The number of hydrogen-bond donors (Lipinski definition) is 2. The highest BCUT2D eigenvalue weighted by Crippen LogP contribution is 2.13. The Balaban J connectivity index is 0.00000200. The van der Waals surface area contributed by atoms with Crippen LogP contribution in [0.1, 0.15) is 18.4 Å². The first-order valence-electron chi connectivity index (χ1n) is 6.38. The average Bonchev–Trinajstić information content (AvgIpc) is 2.40. The molecule has 110 valence electrons. The summed E-state index contributed by atoms with van der Waals surface area (Å²) in [7, 11) is 0. The molecule has 7 heteroatoms. The topological polar surface area (TPSA) is 84.3 Å². The predicted molar refractivity (Wildman–Crippen MR) is 78.1 cm³/mol. The van der Waals surface area contributed by atoms with Crippen LogP contribution in [0.25, 0.3) is 0 Å². The Bertz CT molecular complexity index is 476. The number of piperidine rings is 1. The van der Waals surface area contributed by atoms with E-state index >= 15 is 0 Å². The summed E-state index contributed by atoms with van der Waals surface area (Å²) >= 11 is 0. The van der Waals surface area contributed by atoms with Crippen LogP contribution in [0.3, 0.4) is 0 Å². The molecule has 1 saturated heterocycles. The Labute approximate surface area is 123 Å². The molecule has 0 atom stereocenters. The highest BCUT2D eigenvalue weighted by molar-refractivity contribution is 5.85. The number of nitro groups is 1. The maximum absolute atomic E-state index is 11.9. The van der Waals surface area contributed by atoms with Crippen molar-refractivity contribution < 1.29 is 9.72 Å². The summed E-state index contributed by atoms with van der Waals surface area (Å²) in [5.41, 5.74) is 0.688. The molecule has 1 aliphatic heterocycles. The maximum Gasteiger partial charge on any atom is 0.269 e. The summed E-state index contributed by atoms with van der Waals surface area (Å²) < 4.78 is 0. The second-order valence-electron chi connectivity index (χ2n) is 4.70. The van der Waals surface area contributed by atoms with Crippen LogP contribution in [0, 0.1) is 10.1 Å². The van der Waals surface area contributed by atoms with Crippen molar-refractivity contribution in [2.75, 3.05) is 13.1 Å². The van der Waals surface area contributed by atoms with Crippen LogP contribution < -0.4 is 10.6 Å². The lowest BCUT2D eigenvalue weighted by molar-refractivity contribution is -0.384. The number of rotatable bonds is 4. The van der Waals surface area contributed by atoms with Crippen molar-refractivity contribution in [3.63, 3.8) is 0 Å². The minimum atomic E-state index is -0.450. The third kappa shape index (κ3) is 4.79. The van der Waals surface area contributed by atoms with Gasteiger partial charge in [-0.1, -0.05) is 12.1 Å². The van der Waals surface area contributed by atoms with E-state index in [0.717, 1.165) is 25.9 Å². The summed E-state index contributed by atoms with van der Waals surface area (Å²) in [6, 6.07) is 6.42. The van der Waals surface area contributed by atoms with Gasteiger partial charge in [0.05, 0.1) is 11.3 Å². The smallest absolute Gasteiger partial charge is 0.269 e. The summed E-state index contributed by atoms with van der Waals surface area (Å²) in [6.45, 7) is 1.84. The minimum absolute atomic E-state index is 0. The highest BCUT2D eigenvalue weighted by Gasteiger charge is 2.16. The number of halogens is 1. The van der Waals surface area contributed by atoms with Crippen LogP contribution in [0.4, 0.5) is 5.69 Å². The lowest BCUT2D eigenvalue weighted by atomic mass is 10.1. The normalized spacial score (nSPS) is 15.2. The van der Waals surface area contributed by atoms with Crippen LogP contribution in [-0.4, -0.2) is 30.0 Å². The molecule has 0 aliphatic carbocycles. The highest BCUT2D eigenvalue weighted by atomic mass is 35.5. The molecule has 0 spiro atoms. The van der Waals surface area contributed by atoms with Gasteiger partial charge in [0.15, 0.2) is 0 Å². The monoisotopic (exact) mass is 299 g/mol. The molecule has 1 heterocycles. The number of nitrogens with one attached hydrogen (secondary N) is 2. The molecule has 1 amide bonds. The summed E-state index contributed by atoms with van der Waals surface area (Å²) in [4.78, 5) is 22.1. The van der Waals surface area contributed by atoms with Crippen molar-refractivity contribution >= 4 is 24.0 Å². The van der Waals surface area contributed by atoms with Crippen LogP contribution in [0.15, 0.2) is 24.3 Å². The lowest BCUT2D eigenvalue weighted by Gasteiger charge is -2.23. The number of carbonyl (C=O) groups excluding carboxylic acids is 1. The molecule has 0 bridgehead atoms. The second kappa shape index (κ2) is 7.81. The van der Waals surface area contributed by atoms with Gasteiger partial charge < -0.3 is 10.6 Å². The van der Waals surface area contributed by atoms with E-state index in [1.807, 2.05) is 0 Å². The van der Waals surface area contributed by atoms with Crippen LogP contribution in [0.5, 0.6) is 0 Å². The number of nitrogens with zero attached hydrogens (tertiary/aromatic N) is 1. The third-order valence-corrected chi connectivity index (χ3v) is 3.19. The predicted octanol–water partition coefficient (Wildman–Crippen LogP) is 1.43. The molecule has 0 saturated carbocycles. The third-order valence-electron chi connectivity index (χ3n) is 3.19. The molecule has 0 radical (unpaired) electrons. The van der Waals surface area contributed by atoms with Crippen molar-refractivity contribution in [2.24, 2.45) is 0 Å². The average molecular weight is 300 g/mol. The van der Waals surface area contributed by atoms with E-state index < -0.39 is 4.92 Å². The van der Waals surface area contributed by atoms with E-state index in [1.165, 1.54) is 12.1 Å². The van der Waals surface area contributed by atoms with Gasteiger partial charge in [-0.05, 0) is 31.5 Å². The SMILES string of the molecule is Cl.O=C(Cc1cccc([N+](=O)[O-])c1)NC1CCNCC1. The summed E-state index contributed by atoms with van der Waals surface area (Å²) in [5.74, 6) is -0.0765. The number of nitro benzene ring substituents is 1. The summed E-state index contributed by atoms with van der Waals surface area (Å²) in [5, 5.41) is 16.9. The van der Waals surface area contributed by atoms with E-state index in [9.17, 15) is 14.9 Å². The van der Waals surface area contributed by atoms with Crippen LogP contribution in [-0.2, 0) is 11.2 Å². The number of benzene rings is 1. The molecule has 2 rings (SSSR count). The first kappa shape index (κ1) is 16.4. The minimum Gasteiger partial charge on any atom is -0.353 e. The Morgan fingerprint density at radius 1 is 1.40 bits per heavy atom. The molecule has 1 aliphatic rings. The Morgan fingerprint density at radius 2 is 2.10 bits per heavy atom. The van der Waals surface area contributed by atoms with Gasteiger partial charge >= 0.3 is 0 Å². The molecule has 6 nitrogen and oxygen atoms in total. The summed E-state index contributed by atoms with van der Waals surface area (Å²) in [6.07, 6.45) is 2.05. The van der Waals surface area contributed by atoms with Gasteiger partial charge in [-0.25, -0.2) is 0 Å². The molecule has 1 fully saturated rings. The molecular formula is C13H18ClN3O3. The van der Waals surface area contributed by atoms with Crippen molar-refractivity contribution in [2.45, 2.75) is 25.3 Å². The standard InChI is InChI=1S/C13H17N3O3.ClH/c17-13(15-11-4-6-14-7-5-11)9-10-2-1-3-12(8-10)16(18)19;/h1-3,8,11,14H,4-7,9H2,(H,15,17);1H. The maximum atomic E-state index is 11.9. The van der Waals surface area contributed by atoms with Gasteiger partial charge in [0.1, 0.15) is 0 Å². The molecule has 0 aromatic heterocycles. The number of amides is 1. The number of hydrogen-bond acceptors (Lipinski definition) is 4. The Kier molecular flexibility index (Phi) is 6.41. The van der Waals surface area contributed by atoms with Crippen molar-refractivity contribution in [3.05, 3.63) is 39.9 Å². The van der Waals surface area contributed by atoms with Crippen LogP contribution >= 0.6 is 12.4 Å². The fourth-order valence-corrected chi connectivity index (χ4v) is 2.21. The van der Waals surface area contributed by atoms with Gasteiger partial charge in [0.2, 0.25) is 5.91 Å². The largest absolute Gasteiger partial charge is 0.353 e. The van der Waals surface area contributed by atoms with E-state index in [4.69, 9.17) is 0 Å². The molecular weight excluding hydrogens is 282 g/mol. The first-order valence-corrected chi connectivity index (χ1v) is 6.38. The zero-order valence-electron chi connectivity index (χ0n) is 11.0.